The highest BCUT2D eigenvalue weighted by Gasteiger charge is 2.30. The van der Waals surface area contributed by atoms with E-state index < -0.39 is 6.36 Å². The highest BCUT2D eigenvalue weighted by atomic mass is 19.4. The van der Waals surface area contributed by atoms with Gasteiger partial charge in [-0.05, 0) is 38.1 Å². The van der Waals surface area contributed by atoms with Crippen LogP contribution in [0.15, 0.2) is 29.3 Å². The van der Waals surface area contributed by atoms with E-state index in [4.69, 9.17) is 10.5 Å². The lowest BCUT2D eigenvalue weighted by molar-refractivity contribution is -0.274. The Kier molecular flexibility index (Phi) is 6.67. The van der Waals surface area contributed by atoms with Gasteiger partial charge in [-0.15, -0.1) is 13.2 Å². The topological polar surface area (TPSA) is 85.9 Å². The molecule has 1 aromatic rings. The zero-order valence-corrected chi connectivity index (χ0v) is 12.7. The number of nitrogens with two attached hydrogens (primary N) is 1. The van der Waals surface area contributed by atoms with Crippen molar-refractivity contribution in [3.05, 3.63) is 24.3 Å². The van der Waals surface area contributed by atoms with E-state index in [1.165, 1.54) is 12.1 Å². The largest absolute Gasteiger partial charge is 0.573 e. The molecular weight excluding hydrogens is 315 g/mol. The molecule has 6 nitrogen and oxygen atoms in total. The van der Waals surface area contributed by atoms with Gasteiger partial charge in [0.25, 0.3) is 0 Å². The number of esters is 1. The standard InChI is InChI=1S/C14H18F3N3O3/c1-9(2)22-12(21)7-8-19-13(18)20-10-3-5-11(6-4-10)23-14(15,16)17/h3-6,9H,7-8H2,1-2H3,(H3,18,19,20). The van der Waals surface area contributed by atoms with E-state index in [0.717, 1.165) is 12.1 Å². The Hall–Kier alpha value is -2.45. The summed E-state index contributed by atoms with van der Waals surface area (Å²) in [7, 11) is 0. The van der Waals surface area contributed by atoms with Gasteiger partial charge >= 0.3 is 12.3 Å². The second-order valence-electron chi connectivity index (χ2n) is 4.75. The van der Waals surface area contributed by atoms with Crippen LogP contribution in [-0.2, 0) is 9.53 Å². The number of benzene rings is 1. The molecule has 0 atom stereocenters. The maximum absolute atomic E-state index is 12.0. The van der Waals surface area contributed by atoms with E-state index in [2.05, 4.69) is 15.0 Å². The second-order valence-corrected chi connectivity index (χ2v) is 4.75. The number of aliphatic imine (C=N–C) groups is 1. The summed E-state index contributed by atoms with van der Waals surface area (Å²) in [6, 6.07) is 5.00. The zero-order valence-electron chi connectivity index (χ0n) is 12.7. The number of nitrogens with one attached hydrogen (secondary N) is 1. The van der Waals surface area contributed by atoms with Crippen molar-refractivity contribution >= 4 is 17.6 Å². The van der Waals surface area contributed by atoms with Crippen LogP contribution in [0.4, 0.5) is 18.9 Å². The fraction of sp³-hybridized carbons (Fsp3) is 0.429. The summed E-state index contributed by atoms with van der Waals surface area (Å²) in [4.78, 5) is 15.2. The first-order valence-corrected chi connectivity index (χ1v) is 6.78. The van der Waals surface area contributed by atoms with E-state index in [9.17, 15) is 18.0 Å². The Morgan fingerprint density at radius 3 is 2.43 bits per heavy atom. The van der Waals surface area contributed by atoms with Crippen molar-refractivity contribution in [3.63, 3.8) is 0 Å². The molecule has 0 aliphatic carbocycles. The molecule has 23 heavy (non-hydrogen) atoms. The molecule has 9 heteroatoms. The first-order chi connectivity index (χ1) is 10.7. The highest BCUT2D eigenvalue weighted by molar-refractivity contribution is 5.92. The first-order valence-electron chi connectivity index (χ1n) is 6.78. The Balaban J connectivity index is 2.46. The fourth-order valence-electron chi connectivity index (χ4n) is 1.52. The average Bonchev–Trinajstić information content (AvgIpc) is 2.38. The number of guanidine groups is 1. The van der Waals surface area contributed by atoms with Gasteiger partial charge in [-0.1, -0.05) is 0 Å². The van der Waals surface area contributed by atoms with Gasteiger partial charge in [-0.2, -0.15) is 0 Å². The predicted molar refractivity (Wildman–Crippen MR) is 79.1 cm³/mol. The van der Waals surface area contributed by atoms with Crippen molar-refractivity contribution < 1.29 is 27.4 Å². The number of hydrogen-bond donors (Lipinski definition) is 2. The maximum Gasteiger partial charge on any atom is 0.573 e. The third kappa shape index (κ3) is 8.54. The van der Waals surface area contributed by atoms with Crippen LogP contribution < -0.4 is 15.8 Å². The smallest absolute Gasteiger partial charge is 0.463 e. The van der Waals surface area contributed by atoms with Gasteiger partial charge in [0.2, 0.25) is 0 Å². The molecule has 1 aromatic carbocycles. The molecule has 0 saturated carbocycles. The van der Waals surface area contributed by atoms with Crippen LogP contribution in [0.3, 0.4) is 0 Å². The lowest BCUT2D eigenvalue weighted by Crippen LogP contribution is -2.23. The first kappa shape index (κ1) is 18.6. The van der Waals surface area contributed by atoms with Crippen LogP contribution in [0, 0.1) is 0 Å². The lowest BCUT2D eigenvalue weighted by Gasteiger charge is -2.10. The summed E-state index contributed by atoms with van der Waals surface area (Å²) in [6.45, 7) is 3.62. The summed E-state index contributed by atoms with van der Waals surface area (Å²) in [5.74, 6) is -0.688. The van der Waals surface area contributed by atoms with Crippen LogP contribution in [0.1, 0.15) is 20.3 Å². The molecule has 0 unspecified atom stereocenters. The minimum absolute atomic E-state index is 0.0341. The van der Waals surface area contributed by atoms with Gasteiger partial charge in [-0.25, -0.2) is 0 Å². The Bertz CT molecular complexity index is 542. The minimum atomic E-state index is -4.74. The van der Waals surface area contributed by atoms with Gasteiger partial charge < -0.3 is 20.5 Å². The van der Waals surface area contributed by atoms with E-state index in [-0.39, 0.29) is 36.7 Å². The number of carbonyl (C=O) groups is 1. The van der Waals surface area contributed by atoms with Crippen LogP contribution in [0.5, 0.6) is 5.75 Å². The maximum atomic E-state index is 12.0. The monoisotopic (exact) mass is 333 g/mol. The van der Waals surface area contributed by atoms with Gasteiger partial charge in [-0.3, -0.25) is 9.79 Å². The Morgan fingerprint density at radius 1 is 1.30 bits per heavy atom. The fourth-order valence-corrected chi connectivity index (χ4v) is 1.52. The molecule has 0 saturated heterocycles. The van der Waals surface area contributed by atoms with Crippen molar-refractivity contribution in [1.29, 1.82) is 0 Å². The van der Waals surface area contributed by atoms with Crippen LogP contribution >= 0.6 is 0 Å². The summed E-state index contributed by atoms with van der Waals surface area (Å²) in [5.41, 5.74) is 6.04. The highest BCUT2D eigenvalue weighted by Crippen LogP contribution is 2.23. The van der Waals surface area contributed by atoms with Crippen molar-refractivity contribution in [2.24, 2.45) is 10.7 Å². The van der Waals surface area contributed by atoms with Crippen LogP contribution in [-0.4, -0.2) is 30.9 Å². The summed E-state index contributed by atoms with van der Waals surface area (Å²) in [6.07, 6.45) is -4.85. The minimum Gasteiger partial charge on any atom is -0.463 e. The van der Waals surface area contributed by atoms with Gasteiger partial charge in [0.05, 0.1) is 19.1 Å². The SMILES string of the molecule is CC(C)OC(=O)CCN=C(N)Nc1ccc(OC(F)(F)F)cc1. The lowest BCUT2D eigenvalue weighted by atomic mass is 10.3. The number of anilines is 1. The molecule has 128 valence electrons. The van der Waals surface area contributed by atoms with Crippen molar-refractivity contribution in [2.75, 3.05) is 11.9 Å². The molecule has 0 bridgehead atoms. The van der Waals surface area contributed by atoms with Gasteiger partial charge in [0.15, 0.2) is 5.96 Å². The summed E-state index contributed by atoms with van der Waals surface area (Å²) >= 11 is 0. The zero-order chi connectivity index (χ0) is 17.5. The molecule has 0 aliphatic heterocycles. The normalized spacial score (nSPS) is 12.2. The molecule has 0 amide bonds. The molecule has 0 radical (unpaired) electrons. The molecule has 0 fully saturated rings. The molecule has 3 N–H and O–H groups in total. The van der Waals surface area contributed by atoms with E-state index in [0.29, 0.717) is 5.69 Å². The summed E-state index contributed by atoms with van der Waals surface area (Å²) < 4.78 is 44.7. The molecule has 0 spiro atoms. The third-order valence-electron chi connectivity index (χ3n) is 2.33. The van der Waals surface area contributed by atoms with E-state index in [1.807, 2.05) is 0 Å². The summed E-state index contributed by atoms with van der Waals surface area (Å²) in [5, 5.41) is 2.69. The molecule has 0 aromatic heterocycles. The predicted octanol–water partition coefficient (Wildman–Crippen LogP) is 2.65. The Morgan fingerprint density at radius 2 is 1.91 bits per heavy atom. The number of alkyl halides is 3. The van der Waals surface area contributed by atoms with Crippen molar-refractivity contribution in [2.45, 2.75) is 32.7 Å². The number of rotatable bonds is 6. The molecule has 1 rings (SSSR count). The number of nitrogens with zero attached hydrogens (tertiary/aromatic N) is 1. The molecular formula is C14H18F3N3O3. The Labute approximate surface area is 131 Å². The number of hydrogen-bond acceptors (Lipinski definition) is 4. The average molecular weight is 333 g/mol. The van der Waals surface area contributed by atoms with Gasteiger partial charge in [0.1, 0.15) is 5.75 Å². The van der Waals surface area contributed by atoms with Crippen molar-refractivity contribution in [1.82, 2.24) is 0 Å². The molecule has 0 aliphatic rings. The number of carbonyl (C=O) groups excluding carboxylic acids is 1. The molecule has 0 heterocycles. The van der Waals surface area contributed by atoms with Crippen molar-refractivity contribution in [3.8, 4) is 5.75 Å². The quantitative estimate of drug-likeness (QED) is 0.475. The van der Waals surface area contributed by atoms with Gasteiger partial charge in [0, 0.05) is 5.69 Å². The van der Waals surface area contributed by atoms with Crippen LogP contribution in [0.25, 0.3) is 0 Å². The third-order valence-corrected chi connectivity index (χ3v) is 2.33. The number of ether oxygens (including phenoxy) is 2. The van der Waals surface area contributed by atoms with E-state index in [1.54, 1.807) is 13.8 Å². The number of halogens is 3. The van der Waals surface area contributed by atoms with E-state index >= 15 is 0 Å². The van der Waals surface area contributed by atoms with Crippen LogP contribution in [0.2, 0.25) is 0 Å². The second kappa shape index (κ2) is 8.25.